The van der Waals surface area contributed by atoms with Gasteiger partial charge in [-0.1, -0.05) is 17.7 Å². The lowest BCUT2D eigenvalue weighted by Crippen LogP contribution is -2.41. The minimum Gasteiger partial charge on any atom is -0.490 e. The van der Waals surface area contributed by atoms with Gasteiger partial charge in [0.2, 0.25) is 10.0 Å². The highest BCUT2D eigenvalue weighted by Crippen LogP contribution is 2.42. The number of benzene rings is 2. The van der Waals surface area contributed by atoms with Gasteiger partial charge in [0, 0.05) is 6.54 Å². The fourth-order valence-electron chi connectivity index (χ4n) is 3.95. The molecule has 0 aromatic heterocycles. The lowest BCUT2D eigenvalue weighted by Gasteiger charge is -2.36. The molecule has 0 saturated carbocycles. The van der Waals surface area contributed by atoms with Crippen molar-refractivity contribution in [3.63, 3.8) is 0 Å². The van der Waals surface area contributed by atoms with Crippen molar-refractivity contribution < 1.29 is 27.4 Å². The maximum atomic E-state index is 13.6. The Morgan fingerprint density at radius 2 is 1.62 bits per heavy atom. The first-order valence-corrected chi connectivity index (χ1v) is 12.4. The minimum absolute atomic E-state index is 0.0779. The van der Waals surface area contributed by atoms with Gasteiger partial charge in [-0.25, -0.2) is 8.42 Å². The van der Waals surface area contributed by atoms with E-state index in [4.69, 9.17) is 14.2 Å². The van der Waals surface area contributed by atoms with Crippen molar-refractivity contribution in [3.8, 4) is 11.5 Å². The maximum absolute atomic E-state index is 13.6. The molecular formula is C24H31NO6S. The van der Waals surface area contributed by atoms with Gasteiger partial charge in [-0.3, -0.25) is 4.79 Å². The Morgan fingerprint density at radius 3 is 2.22 bits per heavy atom. The van der Waals surface area contributed by atoms with Crippen LogP contribution in [0.2, 0.25) is 0 Å². The summed E-state index contributed by atoms with van der Waals surface area (Å²) in [6, 6.07) is 9.76. The fraction of sp³-hybridized carbons (Fsp3) is 0.458. The number of ether oxygens (including phenoxy) is 3. The van der Waals surface area contributed by atoms with E-state index in [0.717, 1.165) is 16.7 Å². The van der Waals surface area contributed by atoms with E-state index in [1.165, 1.54) is 4.31 Å². The zero-order valence-electron chi connectivity index (χ0n) is 19.1. The second kappa shape index (κ2) is 10.4. The molecule has 1 aliphatic rings. The fourth-order valence-corrected chi connectivity index (χ4v) is 5.55. The lowest BCUT2D eigenvalue weighted by atomic mass is 9.91. The molecule has 174 valence electrons. The van der Waals surface area contributed by atoms with Gasteiger partial charge < -0.3 is 14.2 Å². The predicted molar refractivity (Wildman–Crippen MR) is 122 cm³/mol. The molecule has 1 atom stereocenters. The van der Waals surface area contributed by atoms with Crippen LogP contribution in [0.25, 0.3) is 0 Å². The van der Waals surface area contributed by atoms with Gasteiger partial charge in [0.25, 0.3) is 0 Å². The summed E-state index contributed by atoms with van der Waals surface area (Å²) < 4.78 is 45.2. The van der Waals surface area contributed by atoms with Crippen LogP contribution in [0.3, 0.4) is 0 Å². The summed E-state index contributed by atoms with van der Waals surface area (Å²) >= 11 is 0. The van der Waals surface area contributed by atoms with Crippen molar-refractivity contribution in [3.05, 3.63) is 53.1 Å². The standard InChI is InChI=1S/C24H31NO6S/c1-5-29-22-14-18-12-13-25(32(27,28)19-10-8-17(4)9-11-19)21(16-24(26)31-7-3)20(18)15-23(22)30-6-2/h8-11,14-15,21H,5-7,12-13,16H2,1-4H3/t21-/m0/s1. The normalized spacial score (nSPS) is 16.3. The van der Waals surface area contributed by atoms with E-state index in [1.54, 1.807) is 31.2 Å². The van der Waals surface area contributed by atoms with Crippen molar-refractivity contribution in [2.24, 2.45) is 0 Å². The molecule has 0 N–H and O–H groups in total. The van der Waals surface area contributed by atoms with Crippen molar-refractivity contribution >= 4 is 16.0 Å². The molecule has 0 amide bonds. The maximum Gasteiger partial charge on any atom is 0.307 e. The number of hydrogen-bond donors (Lipinski definition) is 0. The number of fused-ring (bicyclic) bond motifs is 1. The molecule has 0 unspecified atom stereocenters. The van der Waals surface area contributed by atoms with Crippen molar-refractivity contribution in [1.82, 2.24) is 4.31 Å². The summed E-state index contributed by atoms with van der Waals surface area (Å²) in [4.78, 5) is 12.7. The van der Waals surface area contributed by atoms with Gasteiger partial charge in [-0.05, 0) is 69.5 Å². The topological polar surface area (TPSA) is 82.1 Å². The zero-order valence-corrected chi connectivity index (χ0v) is 19.9. The van der Waals surface area contributed by atoms with E-state index >= 15 is 0 Å². The number of esters is 1. The molecule has 3 rings (SSSR count). The van der Waals surface area contributed by atoms with Gasteiger partial charge in [-0.15, -0.1) is 0 Å². The first-order valence-electron chi connectivity index (χ1n) is 11.0. The number of carbonyl (C=O) groups excluding carboxylic acids is 1. The first-order chi connectivity index (χ1) is 15.3. The van der Waals surface area contributed by atoms with Crippen molar-refractivity contribution in [1.29, 1.82) is 0 Å². The van der Waals surface area contributed by atoms with Crippen LogP contribution in [-0.4, -0.2) is 45.1 Å². The Balaban J connectivity index is 2.09. The average molecular weight is 462 g/mol. The van der Waals surface area contributed by atoms with Gasteiger partial charge in [0.1, 0.15) is 0 Å². The molecule has 2 aromatic carbocycles. The van der Waals surface area contributed by atoms with Crippen LogP contribution < -0.4 is 9.47 Å². The smallest absolute Gasteiger partial charge is 0.307 e. The summed E-state index contributed by atoms with van der Waals surface area (Å²) in [6.45, 7) is 8.82. The highest BCUT2D eigenvalue weighted by Gasteiger charge is 2.38. The Bertz CT molecular complexity index is 1050. The van der Waals surface area contributed by atoms with Gasteiger partial charge in [0.05, 0.1) is 37.2 Å². The number of nitrogens with zero attached hydrogens (tertiary/aromatic N) is 1. The summed E-state index contributed by atoms with van der Waals surface area (Å²) in [7, 11) is -3.82. The molecule has 0 saturated heterocycles. The summed E-state index contributed by atoms with van der Waals surface area (Å²) in [5.41, 5.74) is 2.66. The lowest BCUT2D eigenvalue weighted by molar-refractivity contribution is -0.144. The van der Waals surface area contributed by atoms with Crippen LogP contribution in [-0.2, 0) is 26.0 Å². The van der Waals surface area contributed by atoms with Gasteiger partial charge >= 0.3 is 5.97 Å². The number of hydrogen-bond acceptors (Lipinski definition) is 6. The molecule has 0 spiro atoms. The first kappa shape index (κ1) is 24.1. The van der Waals surface area contributed by atoms with E-state index in [9.17, 15) is 13.2 Å². The molecule has 7 nitrogen and oxygen atoms in total. The Labute approximate surface area is 190 Å². The van der Waals surface area contributed by atoms with Crippen LogP contribution in [0.1, 0.15) is 49.9 Å². The molecule has 32 heavy (non-hydrogen) atoms. The van der Waals surface area contributed by atoms with Gasteiger partial charge in [-0.2, -0.15) is 4.31 Å². The van der Waals surface area contributed by atoms with Crippen LogP contribution in [0.5, 0.6) is 11.5 Å². The van der Waals surface area contributed by atoms with E-state index in [-0.39, 0.29) is 24.5 Å². The zero-order chi connectivity index (χ0) is 23.3. The number of carbonyl (C=O) groups is 1. The minimum atomic E-state index is -3.82. The van der Waals surface area contributed by atoms with Crippen molar-refractivity contribution in [2.45, 2.75) is 51.5 Å². The molecule has 2 aromatic rings. The van der Waals surface area contributed by atoms with E-state index in [0.29, 0.717) is 31.1 Å². The molecule has 0 bridgehead atoms. The average Bonchev–Trinajstić information content (AvgIpc) is 2.75. The van der Waals surface area contributed by atoms with Crippen LogP contribution in [0, 0.1) is 6.92 Å². The third kappa shape index (κ3) is 5.07. The van der Waals surface area contributed by atoms with E-state index in [2.05, 4.69) is 0 Å². The second-order valence-corrected chi connectivity index (χ2v) is 9.46. The number of rotatable bonds is 9. The van der Waals surface area contributed by atoms with Gasteiger partial charge in [0.15, 0.2) is 11.5 Å². The second-order valence-electron chi connectivity index (χ2n) is 7.57. The van der Waals surface area contributed by atoms with Crippen LogP contribution in [0.15, 0.2) is 41.3 Å². The van der Waals surface area contributed by atoms with Crippen molar-refractivity contribution in [2.75, 3.05) is 26.4 Å². The van der Waals surface area contributed by atoms with E-state index in [1.807, 2.05) is 32.9 Å². The Hall–Kier alpha value is -2.58. The summed E-state index contributed by atoms with van der Waals surface area (Å²) in [6.07, 6.45) is 0.428. The third-order valence-corrected chi connectivity index (χ3v) is 7.33. The third-order valence-electron chi connectivity index (χ3n) is 5.41. The molecule has 0 aliphatic carbocycles. The largest absolute Gasteiger partial charge is 0.490 e. The molecular weight excluding hydrogens is 430 g/mol. The molecule has 1 aliphatic heterocycles. The quantitative estimate of drug-likeness (QED) is 0.525. The van der Waals surface area contributed by atoms with Crippen LogP contribution >= 0.6 is 0 Å². The Kier molecular flexibility index (Phi) is 7.79. The Morgan fingerprint density at radius 1 is 1.00 bits per heavy atom. The molecule has 0 radical (unpaired) electrons. The molecule has 1 heterocycles. The summed E-state index contributed by atoms with van der Waals surface area (Å²) in [5.74, 6) is 0.718. The molecule has 0 fully saturated rings. The SMILES string of the molecule is CCOC(=O)C[C@H]1c2cc(OCC)c(OCC)cc2CCN1S(=O)(=O)c1ccc(C)cc1. The van der Waals surface area contributed by atoms with Crippen LogP contribution in [0.4, 0.5) is 0 Å². The monoisotopic (exact) mass is 461 g/mol. The molecule has 8 heteroatoms. The highest BCUT2D eigenvalue weighted by atomic mass is 32.2. The summed E-state index contributed by atoms with van der Waals surface area (Å²) in [5, 5.41) is 0. The number of aryl methyl sites for hydroxylation is 1. The van der Waals surface area contributed by atoms with E-state index < -0.39 is 22.0 Å². The predicted octanol–water partition coefficient (Wildman–Crippen LogP) is 4.03. The number of sulfonamides is 1. The highest BCUT2D eigenvalue weighted by molar-refractivity contribution is 7.89.